The summed E-state index contributed by atoms with van der Waals surface area (Å²) in [5.41, 5.74) is 4.93. The molecule has 0 aliphatic rings. The third kappa shape index (κ3) is 6.16. The molecule has 0 saturated carbocycles. The van der Waals surface area contributed by atoms with Crippen LogP contribution in [0.1, 0.15) is 26.4 Å². The first-order valence-corrected chi connectivity index (χ1v) is 14.1. The number of H-pyrrole nitrogens is 1. The summed E-state index contributed by atoms with van der Waals surface area (Å²) in [6.07, 6.45) is 1.36. The van der Waals surface area contributed by atoms with E-state index in [1.54, 1.807) is 54.6 Å². The van der Waals surface area contributed by atoms with Crippen molar-refractivity contribution in [1.82, 2.24) is 10.4 Å². The van der Waals surface area contributed by atoms with Crippen LogP contribution in [0.4, 0.5) is 0 Å². The Hall–Kier alpha value is -4.70. The van der Waals surface area contributed by atoms with Crippen LogP contribution >= 0.6 is 34.8 Å². The molecular formula is C32H24Cl3N3O6. The number of benzene rings is 4. The zero-order valence-corrected chi connectivity index (χ0v) is 25.8. The van der Waals surface area contributed by atoms with Crippen molar-refractivity contribution in [3.8, 4) is 34.1 Å². The average molecular weight is 653 g/mol. The molecule has 4 aromatic carbocycles. The Kier molecular flexibility index (Phi) is 9.29. The molecule has 5 rings (SSSR count). The monoisotopic (exact) mass is 651 g/mol. The van der Waals surface area contributed by atoms with Gasteiger partial charge in [0.25, 0.3) is 5.91 Å². The topological polar surface area (TPSA) is 111 Å². The summed E-state index contributed by atoms with van der Waals surface area (Å²) in [6, 6.07) is 20.1. The molecule has 1 amide bonds. The molecule has 224 valence electrons. The second-order valence-corrected chi connectivity index (χ2v) is 10.5. The van der Waals surface area contributed by atoms with Gasteiger partial charge in [0.15, 0.2) is 11.5 Å². The predicted octanol–water partition coefficient (Wildman–Crippen LogP) is 7.80. The molecule has 0 fully saturated rings. The average Bonchev–Trinajstić information content (AvgIpc) is 3.40. The van der Waals surface area contributed by atoms with Gasteiger partial charge in [-0.15, -0.1) is 0 Å². The number of halogens is 3. The number of hydrogen-bond donors (Lipinski definition) is 2. The SMILES string of the molecule is COc1cc(C(=O)Oc2ccccc2C=NNC(=O)c2[nH]c3c(Cl)cc(Cl)cc3c2-c2ccccc2Cl)cc(OC)c1OC. The minimum atomic E-state index is -0.674. The Balaban J connectivity index is 1.42. The highest BCUT2D eigenvalue weighted by molar-refractivity contribution is 6.39. The first-order valence-electron chi connectivity index (χ1n) is 13.0. The normalized spacial score (nSPS) is 11.0. The predicted molar refractivity (Wildman–Crippen MR) is 171 cm³/mol. The lowest BCUT2D eigenvalue weighted by Crippen LogP contribution is -2.19. The molecule has 0 spiro atoms. The number of fused-ring (bicyclic) bond motifs is 1. The highest BCUT2D eigenvalue weighted by Crippen LogP contribution is 2.41. The molecule has 0 unspecified atom stereocenters. The molecular weight excluding hydrogens is 629 g/mol. The van der Waals surface area contributed by atoms with E-state index in [2.05, 4.69) is 15.5 Å². The number of carbonyl (C=O) groups is 2. The zero-order chi connectivity index (χ0) is 31.4. The summed E-state index contributed by atoms with van der Waals surface area (Å²) in [5, 5.41) is 5.91. The first-order chi connectivity index (χ1) is 21.2. The number of methoxy groups -OCH3 is 3. The maximum absolute atomic E-state index is 13.4. The number of esters is 1. The van der Waals surface area contributed by atoms with E-state index in [9.17, 15) is 9.59 Å². The Morgan fingerprint density at radius 1 is 0.818 bits per heavy atom. The van der Waals surface area contributed by atoms with Gasteiger partial charge in [-0.25, -0.2) is 10.2 Å². The molecule has 44 heavy (non-hydrogen) atoms. The number of carbonyl (C=O) groups excluding carboxylic acids is 2. The van der Waals surface area contributed by atoms with Gasteiger partial charge < -0.3 is 23.9 Å². The van der Waals surface area contributed by atoms with Gasteiger partial charge in [-0.1, -0.05) is 65.1 Å². The number of rotatable bonds is 9. The lowest BCUT2D eigenvalue weighted by atomic mass is 10.0. The second kappa shape index (κ2) is 13.3. The molecule has 0 aliphatic heterocycles. The van der Waals surface area contributed by atoms with Gasteiger partial charge in [-0.3, -0.25) is 4.79 Å². The largest absolute Gasteiger partial charge is 0.493 e. The second-order valence-electron chi connectivity index (χ2n) is 9.21. The maximum atomic E-state index is 13.4. The van der Waals surface area contributed by atoms with E-state index in [0.29, 0.717) is 59.9 Å². The summed E-state index contributed by atoms with van der Waals surface area (Å²) in [5.74, 6) is -0.0967. The van der Waals surface area contributed by atoms with Crippen LogP contribution in [0.5, 0.6) is 23.0 Å². The van der Waals surface area contributed by atoms with Gasteiger partial charge in [0.05, 0.1) is 43.6 Å². The molecule has 0 atom stereocenters. The molecule has 0 radical (unpaired) electrons. The van der Waals surface area contributed by atoms with Crippen LogP contribution in [-0.2, 0) is 0 Å². The van der Waals surface area contributed by atoms with Crippen molar-refractivity contribution in [1.29, 1.82) is 0 Å². The number of nitrogens with zero attached hydrogens (tertiary/aromatic N) is 1. The molecule has 0 bridgehead atoms. The first kappa shape index (κ1) is 30.7. The Morgan fingerprint density at radius 2 is 1.50 bits per heavy atom. The van der Waals surface area contributed by atoms with E-state index in [0.717, 1.165) is 0 Å². The van der Waals surface area contributed by atoms with E-state index in [1.807, 2.05) is 6.07 Å². The van der Waals surface area contributed by atoms with Crippen LogP contribution in [0.25, 0.3) is 22.0 Å². The van der Waals surface area contributed by atoms with E-state index in [1.165, 1.54) is 39.7 Å². The number of ether oxygens (including phenoxy) is 4. The molecule has 1 heterocycles. The quantitative estimate of drug-likeness (QED) is 0.0728. The lowest BCUT2D eigenvalue weighted by molar-refractivity contribution is 0.0733. The minimum Gasteiger partial charge on any atom is -0.493 e. The van der Waals surface area contributed by atoms with Gasteiger partial charge in [-0.2, -0.15) is 5.10 Å². The number of aromatic amines is 1. The van der Waals surface area contributed by atoms with E-state index >= 15 is 0 Å². The fourth-order valence-electron chi connectivity index (χ4n) is 4.59. The summed E-state index contributed by atoms with van der Waals surface area (Å²) in [4.78, 5) is 29.6. The van der Waals surface area contributed by atoms with Crippen molar-refractivity contribution in [2.45, 2.75) is 0 Å². The fourth-order valence-corrected chi connectivity index (χ4v) is 5.36. The van der Waals surface area contributed by atoms with Crippen molar-refractivity contribution >= 4 is 63.8 Å². The smallest absolute Gasteiger partial charge is 0.343 e. The maximum Gasteiger partial charge on any atom is 0.343 e. The minimum absolute atomic E-state index is 0.171. The molecule has 0 saturated heterocycles. The fraction of sp³-hybridized carbons (Fsp3) is 0.0938. The number of amides is 1. The molecule has 0 aliphatic carbocycles. The molecule has 12 heteroatoms. The van der Waals surface area contributed by atoms with Crippen molar-refractivity contribution in [2.24, 2.45) is 5.10 Å². The van der Waals surface area contributed by atoms with Crippen LogP contribution in [0.2, 0.25) is 15.1 Å². The van der Waals surface area contributed by atoms with Gasteiger partial charge in [-0.05, 0) is 42.5 Å². The van der Waals surface area contributed by atoms with Gasteiger partial charge in [0.1, 0.15) is 11.4 Å². The van der Waals surface area contributed by atoms with Crippen molar-refractivity contribution in [3.63, 3.8) is 0 Å². The number of hydrazone groups is 1. The Bertz CT molecular complexity index is 1900. The van der Waals surface area contributed by atoms with Gasteiger partial charge >= 0.3 is 5.97 Å². The molecule has 5 aromatic rings. The third-order valence-electron chi connectivity index (χ3n) is 6.59. The van der Waals surface area contributed by atoms with Crippen LogP contribution < -0.4 is 24.4 Å². The van der Waals surface area contributed by atoms with Gasteiger partial charge in [0.2, 0.25) is 5.75 Å². The molecule has 9 nitrogen and oxygen atoms in total. The molecule has 1 aromatic heterocycles. The van der Waals surface area contributed by atoms with Crippen LogP contribution in [-0.4, -0.2) is 44.4 Å². The Morgan fingerprint density at radius 3 is 2.18 bits per heavy atom. The third-order valence-corrected chi connectivity index (χ3v) is 7.43. The summed E-state index contributed by atoms with van der Waals surface area (Å²) in [7, 11) is 4.36. The summed E-state index contributed by atoms with van der Waals surface area (Å²) in [6.45, 7) is 0. The Labute approximate surface area is 267 Å². The highest BCUT2D eigenvalue weighted by Gasteiger charge is 2.23. The summed E-state index contributed by atoms with van der Waals surface area (Å²) < 4.78 is 21.6. The van der Waals surface area contributed by atoms with E-state index in [4.69, 9.17) is 53.8 Å². The van der Waals surface area contributed by atoms with E-state index in [-0.39, 0.29) is 17.0 Å². The van der Waals surface area contributed by atoms with Crippen LogP contribution in [0, 0.1) is 0 Å². The van der Waals surface area contributed by atoms with Crippen LogP contribution in [0.3, 0.4) is 0 Å². The highest BCUT2D eigenvalue weighted by atomic mass is 35.5. The number of nitrogens with one attached hydrogen (secondary N) is 2. The van der Waals surface area contributed by atoms with Crippen molar-refractivity contribution < 1.29 is 28.5 Å². The van der Waals surface area contributed by atoms with E-state index < -0.39 is 11.9 Å². The zero-order valence-electron chi connectivity index (χ0n) is 23.5. The molecule has 2 N–H and O–H groups in total. The van der Waals surface area contributed by atoms with Gasteiger partial charge in [0, 0.05) is 32.1 Å². The standard InChI is InChI=1S/C32H24Cl3N3O6/c1-41-25-12-18(13-26(42-2)30(25)43-3)32(40)44-24-11-7-4-8-17(24)16-36-38-31(39)29-27(20-9-5-6-10-22(20)34)21-14-19(33)15-23(35)28(21)37-29/h4-16,37H,1-3H3,(H,38,39). The van der Waals surface area contributed by atoms with Crippen molar-refractivity contribution in [3.05, 3.63) is 105 Å². The summed E-state index contributed by atoms with van der Waals surface area (Å²) >= 11 is 19.2. The number of aromatic nitrogens is 1. The van der Waals surface area contributed by atoms with Crippen LogP contribution in [0.15, 0.2) is 77.9 Å². The number of hydrogen-bond acceptors (Lipinski definition) is 7. The lowest BCUT2D eigenvalue weighted by Gasteiger charge is -2.14. The van der Waals surface area contributed by atoms with Crippen molar-refractivity contribution in [2.75, 3.05) is 21.3 Å². The number of para-hydroxylation sites is 1.